The van der Waals surface area contributed by atoms with Crippen molar-refractivity contribution in [3.05, 3.63) is 34.9 Å². The lowest BCUT2D eigenvalue weighted by atomic mass is 9.87. The fraction of sp³-hybridized carbons (Fsp3) is 0.500. The van der Waals surface area contributed by atoms with Crippen LogP contribution in [0.1, 0.15) is 36.0 Å². The molecule has 2 aromatic rings. The molecule has 0 saturated carbocycles. The first-order valence-corrected chi connectivity index (χ1v) is 11.3. The van der Waals surface area contributed by atoms with Crippen molar-refractivity contribution < 1.29 is 33.2 Å². The van der Waals surface area contributed by atoms with Gasteiger partial charge in [0.15, 0.2) is 23.0 Å². The van der Waals surface area contributed by atoms with Crippen LogP contribution >= 0.6 is 0 Å². The highest BCUT2D eigenvalue weighted by molar-refractivity contribution is 5.82. The molecular weight excluding hydrogens is 438 g/mol. The molecule has 3 rings (SSSR count). The predicted octanol–water partition coefficient (Wildman–Crippen LogP) is 3.86. The number of carbonyl (C=O) groups excluding carboxylic acids is 1. The third kappa shape index (κ3) is 5.50. The minimum absolute atomic E-state index is 0.0730. The zero-order valence-electron chi connectivity index (χ0n) is 21.1. The molecule has 1 atom stereocenters. The van der Waals surface area contributed by atoms with E-state index in [0.29, 0.717) is 40.9 Å². The number of likely N-dealkylation sites (N-methyl/N-ethyl adjacent to an activating group) is 1. The zero-order valence-corrected chi connectivity index (χ0v) is 21.1. The SMILES string of the molecule is COc1cc(CC(=O)CC(C)c2c(CCN(C)C)cc3c(c2OC)OCO3)cc(OC)c1OC. The maximum absolute atomic E-state index is 13.1. The van der Waals surface area contributed by atoms with Crippen molar-refractivity contribution in [2.45, 2.75) is 32.1 Å². The Bertz CT molecular complexity index is 994. The average Bonchev–Trinajstić information content (AvgIpc) is 3.29. The molecule has 0 aliphatic carbocycles. The van der Waals surface area contributed by atoms with Gasteiger partial charge in [0.1, 0.15) is 5.78 Å². The van der Waals surface area contributed by atoms with Crippen molar-refractivity contribution in [3.8, 4) is 34.5 Å². The number of fused-ring (bicyclic) bond motifs is 1. The van der Waals surface area contributed by atoms with Crippen LogP contribution in [-0.4, -0.2) is 66.6 Å². The Morgan fingerprint density at radius 2 is 1.62 bits per heavy atom. The van der Waals surface area contributed by atoms with E-state index in [0.717, 1.165) is 29.7 Å². The van der Waals surface area contributed by atoms with Gasteiger partial charge in [-0.25, -0.2) is 0 Å². The third-order valence-electron chi connectivity index (χ3n) is 5.93. The third-order valence-corrected chi connectivity index (χ3v) is 5.93. The molecule has 8 heteroatoms. The largest absolute Gasteiger partial charge is 0.493 e. The van der Waals surface area contributed by atoms with Gasteiger partial charge in [0, 0.05) is 24.9 Å². The van der Waals surface area contributed by atoms with Crippen molar-refractivity contribution in [2.75, 3.05) is 55.9 Å². The van der Waals surface area contributed by atoms with Gasteiger partial charge in [0.2, 0.25) is 18.3 Å². The number of carbonyl (C=O) groups is 1. The van der Waals surface area contributed by atoms with Crippen LogP contribution in [0.2, 0.25) is 0 Å². The van der Waals surface area contributed by atoms with Crippen molar-refractivity contribution in [3.63, 3.8) is 0 Å². The highest BCUT2D eigenvalue weighted by atomic mass is 16.7. The summed E-state index contributed by atoms with van der Waals surface area (Å²) in [6.07, 6.45) is 1.41. The van der Waals surface area contributed by atoms with Gasteiger partial charge in [0.25, 0.3) is 0 Å². The number of methoxy groups -OCH3 is 4. The second kappa shape index (κ2) is 11.3. The Hall–Kier alpha value is -3.13. The number of Topliss-reactive ketones (excluding diaryl/α,β-unsaturated/α-hetero) is 1. The summed E-state index contributed by atoms with van der Waals surface area (Å²) in [5, 5.41) is 0. The lowest BCUT2D eigenvalue weighted by Gasteiger charge is -2.22. The van der Waals surface area contributed by atoms with Crippen LogP contribution in [-0.2, 0) is 17.6 Å². The first-order valence-electron chi connectivity index (χ1n) is 11.3. The van der Waals surface area contributed by atoms with Crippen LogP contribution in [0.3, 0.4) is 0 Å². The van der Waals surface area contributed by atoms with E-state index in [4.69, 9.17) is 28.4 Å². The molecule has 0 aromatic heterocycles. The van der Waals surface area contributed by atoms with Gasteiger partial charge in [-0.15, -0.1) is 0 Å². The molecule has 1 heterocycles. The highest BCUT2D eigenvalue weighted by Gasteiger charge is 2.29. The first-order chi connectivity index (χ1) is 16.3. The Morgan fingerprint density at radius 1 is 0.971 bits per heavy atom. The summed E-state index contributed by atoms with van der Waals surface area (Å²) in [5.74, 6) is 3.53. The second-order valence-corrected chi connectivity index (χ2v) is 8.62. The molecule has 1 aliphatic heterocycles. The molecule has 0 saturated heterocycles. The van der Waals surface area contributed by atoms with Crippen LogP contribution in [0.15, 0.2) is 18.2 Å². The molecule has 0 radical (unpaired) electrons. The fourth-order valence-electron chi connectivity index (χ4n) is 4.35. The molecule has 34 heavy (non-hydrogen) atoms. The van der Waals surface area contributed by atoms with Gasteiger partial charge < -0.3 is 33.3 Å². The van der Waals surface area contributed by atoms with Crippen LogP contribution in [0.5, 0.6) is 34.5 Å². The summed E-state index contributed by atoms with van der Waals surface area (Å²) in [7, 11) is 10.4. The lowest BCUT2D eigenvalue weighted by Crippen LogP contribution is -2.17. The summed E-state index contributed by atoms with van der Waals surface area (Å²) >= 11 is 0. The molecule has 8 nitrogen and oxygen atoms in total. The standard InChI is InChI=1S/C26H35NO7/c1-16(10-19(28)11-17-12-20(29-4)24(31-6)21(13-17)30-5)23-18(8-9-27(2)3)14-22-25(26(23)32-7)34-15-33-22/h12-14,16H,8-11,15H2,1-7H3. The fourth-order valence-corrected chi connectivity index (χ4v) is 4.35. The van der Waals surface area contributed by atoms with E-state index in [9.17, 15) is 4.79 Å². The number of nitrogens with zero attached hydrogens (tertiary/aromatic N) is 1. The van der Waals surface area contributed by atoms with Gasteiger partial charge in [0.05, 0.1) is 28.4 Å². The topological polar surface area (TPSA) is 75.7 Å². The lowest BCUT2D eigenvalue weighted by molar-refractivity contribution is -0.118. The molecule has 0 spiro atoms. The maximum Gasteiger partial charge on any atom is 0.231 e. The molecule has 1 unspecified atom stereocenters. The van der Waals surface area contributed by atoms with E-state index < -0.39 is 0 Å². The molecule has 1 aliphatic rings. The predicted molar refractivity (Wildman–Crippen MR) is 129 cm³/mol. The van der Waals surface area contributed by atoms with Gasteiger partial charge in [-0.3, -0.25) is 4.79 Å². The highest BCUT2D eigenvalue weighted by Crippen LogP contribution is 2.48. The Labute approximate surface area is 201 Å². The quantitative estimate of drug-likeness (QED) is 0.460. The van der Waals surface area contributed by atoms with E-state index >= 15 is 0 Å². The van der Waals surface area contributed by atoms with Gasteiger partial charge in [-0.05, 0) is 55.8 Å². The molecule has 2 aromatic carbocycles. The summed E-state index contributed by atoms with van der Waals surface area (Å²) in [6.45, 7) is 3.07. The summed E-state index contributed by atoms with van der Waals surface area (Å²) in [4.78, 5) is 15.3. The van der Waals surface area contributed by atoms with Crippen LogP contribution in [0, 0.1) is 0 Å². The Kier molecular flexibility index (Phi) is 8.50. The monoisotopic (exact) mass is 473 g/mol. The van der Waals surface area contributed by atoms with E-state index in [-0.39, 0.29) is 24.9 Å². The molecule has 186 valence electrons. The van der Waals surface area contributed by atoms with Crippen LogP contribution in [0.25, 0.3) is 0 Å². The minimum Gasteiger partial charge on any atom is -0.493 e. The summed E-state index contributed by atoms with van der Waals surface area (Å²) in [6, 6.07) is 5.64. The number of hydrogen-bond donors (Lipinski definition) is 0. The molecule has 0 amide bonds. The Balaban J connectivity index is 1.86. The first kappa shape index (κ1) is 25.5. The second-order valence-electron chi connectivity index (χ2n) is 8.62. The van der Waals surface area contributed by atoms with Crippen molar-refractivity contribution in [1.82, 2.24) is 4.90 Å². The minimum atomic E-state index is -0.0730. The molecule has 0 bridgehead atoms. The molecule has 0 fully saturated rings. The van der Waals surface area contributed by atoms with E-state index in [1.54, 1.807) is 28.4 Å². The summed E-state index contributed by atoms with van der Waals surface area (Å²) in [5.41, 5.74) is 2.90. The average molecular weight is 474 g/mol. The van der Waals surface area contributed by atoms with Crippen molar-refractivity contribution in [1.29, 1.82) is 0 Å². The van der Waals surface area contributed by atoms with Crippen molar-refractivity contribution in [2.24, 2.45) is 0 Å². The molecule has 0 N–H and O–H groups in total. The van der Waals surface area contributed by atoms with Crippen LogP contribution < -0.4 is 28.4 Å². The summed E-state index contributed by atoms with van der Waals surface area (Å²) < 4.78 is 33.3. The number of rotatable bonds is 12. The number of hydrogen-bond acceptors (Lipinski definition) is 8. The smallest absolute Gasteiger partial charge is 0.231 e. The number of benzene rings is 2. The normalized spacial score (nSPS) is 13.1. The van der Waals surface area contributed by atoms with Crippen molar-refractivity contribution >= 4 is 5.78 Å². The Morgan fingerprint density at radius 3 is 2.18 bits per heavy atom. The van der Waals surface area contributed by atoms with Gasteiger partial charge in [-0.2, -0.15) is 0 Å². The van der Waals surface area contributed by atoms with E-state index in [1.807, 2.05) is 39.2 Å². The number of ether oxygens (including phenoxy) is 6. The zero-order chi connectivity index (χ0) is 24.8. The van der Waals surface area contributed by atoms with E-state index in [2.05, 4.69) is 4.90 Å². The maximum atomic E-state index is 13.1. The van der Waals surface area contributed by atoms with E-state index in [1.165, 1.54) is 0 Å². The van der Waals surface area contributed by atoms with Gasteiger partial charge >= 0.3 is 0 Å². The van der Waals surface area contributed by atoms with Crippen LogP contribution in [0.4, 0.5) is 0 Å². The molecular formula is C26H35NO7. The number of ketones is 1. The van der Waals surface area contributed by atoms with Gasteiger partial charge in [-0.1, -0.05) is 6.92 Å².